The van der Waals surface area contributed by atoms with E-state index in [-0.39, 0.29) is 0 Å². The number of nitrogens with zero attached hydrogens (tertiary/aromatic N) is 2. The molecule has 0 aromatic rings. The van der Waals surface area contributed by atoms with Gasteiger partial charge in [0.25, 0.3) is 0 Å². The molecule has 0 saturated heterocycles. The Morgan fingerprint density at radius 1 is 1.50 bits per heavy atom. The van der Waals surface area contributed by atoms with Gasteiger partial charge in [-0.1, -0.05) is 0 Å². The lowest BCUT2D eigenvalue weighted by Crippen LogP contribution is -2.29. The molecule has 2 amide bonds. The molecule has 8 heteroatoms. The molecule has 0 aliphatic heterocycles. The Bertz CT molecular complexity index is 380. The second-order valence-electron chi connectivity index (χ2n) is 2.44. The van der Waals surface area contributed by atoms with Gasteiger partial charge in [-0.3, -0.25) is 14.5 Å². The van der Waals surface area contributed by atoms with Crippen molar-refractivity contribution in [1.29, 1.82) is 5.26 Å². The molecule has 78 valence electrons. The number of nitriles is 1. The molecule has 14 heavy (non-hydrogen) atoms. The van der Waals surface area contributed by atoms with Crippen molar-refractivity contribution in [2.75, 3.05) is 12.8 Å². The van der Waals surface area contributed by atoms with E-state index in [1.54, 1.807) is 0 Å². The fourth-order valence-electron chi connectivity index (χ4n) is 0.546. The minimum absolute atomic E-state index is 0.435. The number of hydrogen-bond acceptors (Lipinski definition) is 5. The first-order valence-electron chi connectivity index (χ1n) is 3.49. The standard InChI is InChI=1S/C6H9N3O4S/c1-9(4-7)5(10)2-3-14(12,13)6(8)11/h2-3H2,1H3,(H2,8,11). The van der Waals surface area contributed by atoms with Gasteiger partial charge in [-0.15, -0.1) is 0 Å². The van der Waals surface area contributed by atoms with Crippen LogP contribution in [0.15, 0.2) is 0 Å². The van der Waals surface area contributed by atoms with Crippen molar-refractivity contribution in [1.82, 2.24) is 4.90 Å². The summed E-state index contributed by atoms with van der Waals surface area (Å²) < 4.78 is 21.6. The molecular formula is C6H9N3O4S. The maximum absolute atomic E-state index is 10.9. The summed E-state index contributed by atoms with van der Waals surface area (Å²) in [6.45, 7) is 0. The molecule has 0 heterocycles. The zero-order valence-electron chi connectivity index (χ0n) is 7.43. The Kier molecular flexibility index (Phi) is 4.04. The van der Waals surface area contributed by atoms with E-state index in [1.165, 1.54) is 13.2 Å². The van der Waals surface area contributed by atoms with Crippen molar-refractivity contribution in [2.45, 2.75) is 6.42 Å². The second-order valence-corrected chi connectivity index (χ2v) is 4.48. The van der Waals surface area contributed by atoms with Crippen LogP contribution in [0, 0.1) is 11.5 Å². The monoisotopic (exact) mass is 219 g/mol. The van der Waals surface area contributed by atoms with Gasteiger partial charge >= 0.3 is 5.24 Å². The van der Waals surface area contributed by atoms with Crippen molar-refractivity contribution in [3.63, 3.8) is 0 Å². The maximum atomic E-state index is 10.9. The average Bonchev–Trinajstić information content (AvgIpc) is 2.12. The van der Waals surface area contributed by atoms with E-state index in [0.717, 1.165) is 0 Å². The quantitative estimate of drug-likeness (QED) is 0.472. The summed E-state index contributed by atoms with van der Waals surface area (Å²) in [4.78, 5) is 21.9. The van der Waals surface area contributed by atoms with Gasteiger partial charge in [0.05, 0.1) is 5.75 Å². The van der Waals surface area contributed by atoms with Gasteiger partial charge in [-0.05, 0) is 0 Å². The van der Waals surface area contributed by atoms with Crippen LogP contribution in [0.3, 0.4) is 0 Å². The van der Waals surface area contributed by atoms with Crippen LogP contribution in [0.5, 0.6) is 0 Å². The fourth-order valence-corrected chi connectivity index (χ4v) is 1.19. The van der Waals surface area contributed by atoms with E-state index < -0.39 is 33.2 Å². The van der Waals surface area contributed by atoms with Crippen molar-refractivity contribution in [3.8, 4) is 6.19 Å². The first kappa shape index (κ1) is 12.4. The molecule has 0 aliphatic rings. The highest BCUT2D eigenvalue weighted by molar-refractivity contribution is 8.05. The highest BCUT2D eigenvalue weighted by Gasteiger charge is 2.20. The van der Waals surface area contributed by atoms with Gasteiger partial charge in [-0.25, -0.2) is 8.42 Å². The maximum Gasteiger partial charge on any atom is 0.333 e. The third-order valence-corrected chi connectivity index (χ3v) is 2.77. The van der Waals surface area contributed by atoms with Gasteiger partial charge in [0.15, 0.2) is 6.19 Å². The number of carbonyl (C=O) groups is 2. The van der Waals surface area contributed by atoms with E-state index in [0.29, 0.717) is 4.90 Å². The third-order valence-electron chi connectivity index (χ3n) is 1.42. The molecule has 7 nitrogen and oxygen atoms in total. The van der Waals surface area contributed by atoms with Crippen molar-refractivity contribution in [2.24, 2.45) is 5.73 Å². The summed E-state index contributed by atoms with van der Waals surface area (Å²) in [6.07, 6.45) is 1.07. The molecular weight excluding hydrogens is 210 g/mol. The highest BCUT2D eigenvalue weighted by Crippen LogP contribution is 1.96. The summed E-state index contributed by atoms with van der Waals surface area (Å²) in [5, 5.41) is 6.79. The summed E-state index contributed by atoms with van der Waals surface area (Å²) in [5.74, 6) is -1.36. The summed E-state index contributed by atoms with van der Waals surface area (Å²) in [5.41, 5.74) is 4.55. The average molecular weight is 219 g/mol. The highest BCUT2D eigenvalue weighted by atomic mass is 32.2. The predicted molar refractivity (Wildman–Crippen MR) is 46.4 cm³/mol. The van der Waals surface area contributed by atoms with E-state index in [1.807, 2.05) is 0 Å². The molecule has 0 bridgehead atoms. The Balaban J connectivity index is 4.30. The van der Waals surface area contributed by atoms with Crippen molar-refractivity contribution in [3.05, 3.63) is 0 Å². The number of rotatable bonds is 3. The molecule has 0 fully saturated rings. The first-order valence-corrected chi connectivity index (χ1v) is 5.15. The van der Waals surface area contributed by atoms with Gasteiger partial charge < -0.3 is 5.73 Å². The van der Waals surface area contributed by atoms with Crippen LogP contribution in [0.4, 0.5) is 4.79 Å². The lowest BCUT2D eigenvalue weighted by atomic mass is 10.4. The Morgan fingerprint density at radius 2 is 2.00 bits per heavy atom. The minimum Gasteiger partial charge on any atom is -0.356 e. The summed E-state index contributed by atoms with van der Waals surface area (Å²) in [6, 6.07) is 0. The topological polar surface area (TPSA) is 121 Å². The zero-order valence-corrected chi connectivity index (χ0v) is 8.24. The SMILES string of the molecule is CN(C#N)C(=O)CCS(=O)(=O)C(N)=O. The number of primary amides is 1. The normalized spacial score (nSPS) is 10.3. The van der Waals surface area contributed by atoms with Gasteiger partial charge in [-0.2, -0.15) is 5.26 Å². The molecule has 0 aliphatic carbocycles. The third kappa shape index (κ3) is 3.40. The van der Waals surface area contributed by atoms with Crippen LogP contribution < -0.4 is 5.73 Å². The second kappa shape index (κ2) is 4.57. The van der Waals surface area contributed by atoms with Crippen molar-refractivity contribution < 1.29 is 18.0 Å². The molecule has 0 spiro atoms. The van der Waals surface area contributed by atoms with Gasteiger partial charge in [0.2, 0.25) is 15.7 Å². The largest absolute Gasteiger partial charge is 0.356 e. The van der Waals surface area contributed by atoms with Crippen LogP contribution in [0.25, 0.3) is 0 Å². The number of sulfone groups is 1. The number of carbonyl (C=O) groups excluding carboxylic acids is 2. The molecule has 0 aromatic heterocycles. The Morgan fingerprint density at radius 3 is 2.36 bits per heavy atom. The summed E-state index contributed by atoms with van der Waals surface area (Å²) in [7, 11) is -2.86. The Labute approximate surface area is 81.0 Å². The predicted octanol–water partition coefficient (Wildman–Crippen LogP) is -1.19. The molecule has 0 rings (SSSR count). The van der Waals surface area contributed by atoms with Crippen molar-refractivity contribution >= 4 is 21.0 Å². The van der Waals surface area contributed by atoms with Gasteiger partial charge in [0.1, 0.15) is 0 Å². The molecule has 0 saturated carbocycles. The van der Waals surface area contributed by atoms with E-state index in [2.05, 4.69) is 5.73 Å². The Hall–Kier alpha value is -1.62. The molecule has 0 unspecified atom stereocenters. The number of nitrogens with two attached hydrogens (primary N) is 1. The number of amides is 2. The smallest absolute Gasteiger partial charge is 0.333 e. The number of hydrogen-bond donors (Lipinski definition) is 1. The summed E-state index contributed by atoms with van der Waals surface area (Å²) >= 11 is 0. The molecule has 0 atom stereocenters. The molecule has 0 aromatic carbocycles. The van der Waals surface area contributed by atoms with Crippen LogP contribution in [-0.2, 0) is 14.6 Å². The minimum atomic E-state index is -4.05. The first-order chi connectivity index (χ1) is 6.31. The molecule has 2 N–H and O–H groups in total. The molecule has 0 radical (unpaired) electrons. The lowest BCUT2D eigenvalue weighted by molar-refractivity contribution is -0.126. The zero-order chi connectivity index (χ0) is 11.4. The van der Waals surface area contributed by atoms with Crippen LogP contribution >= 0.6 is 0 Å². The van der Waals surface area contributed by atoms with Gasteiger partial charge in [0, 0.05) is 13.5 Å². The fraction of sp³-hybridized carbons (Fsp3) is 0.500. The van der Waals surface area contributed by atoms with E-state index >= 15 is 0 Å². The van der Waals surface area contributed by atoms with Crippen LogP contribution in [0.2, 0.25) is 0 Å². The lowest BCUT2D eigenvalue weighted by Gasteiger charge is -2.05. The van der Waals surface area contributed by atoms with E-state index in [9.17, 15) is 18.0 Å². The van der Waals surface area contributed by atoms with E-state index in [4.69, 9.17) is 5.26 Å². The van der Waals surface area contributed by atoms with Crippen LogP contribution in [0.1, 0.15) is 6.42 Å². The van der Waals surface area contributed by atoms with Crippen LogP contribution in [-0.4, -0.2) is 37.3 Å².